The van der Waals surface area contributed by atoms with Crippen LogP contribution >= 0.6 is 0 Å². The number of rotatable bonds is 4. The maximum atomic E-state index is 13.5. The van der Waals surface area contributed by atoms with E-state index < -0.39 is 12.2 Å². The fourth-order valence-corrected chi connectivity index (χ4v) is 3.79. The number of hydrogen-bond donors (Lipinski definition) is 1. The van der Waals surface area contributed by atoms with Gasteiger partial charge in [0.1, 0.15) is 17.7 Å². The van der Waals surface area contributed by atoms with Crippen molar-refractivity contribution in [3.05, 3.63) is 24.3 Å². The predicted octanol–water partition coefficient (Wildman–Crippen LogP) is 1.85. The van der Waals surface area contributed by atoms with Gasteiger partial charge in [-0.15, -0.1) is 0 Å². The Hall–Kier alpha value is -2.66. The summed E-state index contributed by atoms with van der Waals surface area (Å²) in [5.41, 5.74) is 1.63. The summed E-state index contributed by atoms with van der Waals surface area (Å²) in [5.74, 6) is -0.205. The van der Waals surface area contributed by atoms with E-state index in [4.69, 9.17) is 9.68 Å². The molecule has 0 bridgehead atoms. The first-order valence-electron chi connectivity index (χ1n) is 9.31. The van der Waals surface area contributed by atoms with Crippen LogP contribution in [0, 0.1) is 11.3 Å². The zero-order chi connectivity index (χ0) is 18.8. The molecule has 1 aromatic heterocycles. The van der Waals surface area contributed by atoms with E-state index in [1.165, 1.54) is 4.90 Å². The van der Waals surface area contributed by atoms with Crippen molar-refractivity contribution in [1.82, 2.24) is 15.2 Å². The number of aromatic nitrogens is 1. The lowest BCUT2D eigenvalue weighted by Crippen LogP contribution is -2.47. The van der Waals surface area contributed by atoms with Gasteiger partial charge in [0.05, 0.1) is 19.2 Å². The van der Waals surface area contributed by atoms with E-state index >= 15 is 0 Å². The number of anilines is 1. The van der Waals surface area contributed by atoms with Gasteiger partial charge in [-0.05, 0) is 25.0 Å². The number of piperidine rings is 1. The molecule has 27 heavy (non-hydrogen) atoms. The highest BCUT2D eigenvalue weighted by Gasteiger charge is 2.35. The standard InChI is InChI=1S/C19H22FN5O2/c20-13-9-15(10-21)25(12-13)18(26)11-22-14-5-7-24(8-6-14)19-23-16-3-1-2-4-17(16)27-19/h1-4,13-15,22H,5-9,11-12H2/t13-,15?/m0/s1. The Kier molecular flexibility index (Phi) is 4.94. The van der Waals surface area contributed by atoms with Crippen molar-refractivity contribution in [3.8, 4) is 6.07 Å². The van der Waals surface area contributed by atoms with Crippen LogP contribution in [0.1, 0.15) is 19.3 Å². The quantitative estimate of drug-likeness (QED) is 0.883. The van der Waals surface area contributed by atoms with E-state index in [-0.39, 0.29) is 31.5 Å². The molecule has 4 rings (SSSR count). The molecule has 142 valence electrons. The van der Waals surface area contributed by atoms with Crippen LogP contribution in [0.5, 0.6) is 0 Å². The van der Waals surface area contributed by atoms with E-state index in [1.807, 2.05) is 30.3 Å². The molecule has 1 N–H and O–H groups in total. The van der Waals surface area contributed by atoms with Crippen molar-refractivity contribution in [1.29, 1.82) is 5.26 Å². The van der Waals surface area contributed by atoms with Crippen LogP contribution in [0.3, 0.4) is 0 Å². The summed E-state index contributed by atoms with van der Waals surface area (Å²) in [4.78, 5) is 20.3. The molecular weight excluding hydrogens is 349 g/mol. The number of nitrogens with one attached hydrogen (secondary N) is 1. The van der Waals surface area contributed by atoms with Gasteiger partial charge in [-0.1, -0.05) is 12.1 Å². The van der Waals surface area contributed by atoms with E-state index in [0.29, 0.717) is 6.01 Å². The molecule has 1 amide bonds. The fraction of sp³-hybridized carbons (Fsp3) is 0.526. The van der Waals surface area contributed by atoms with Gasteiger partial charge in [0.2, 0.25) is 5.91 Å². The Morgan fingerprint density at radius 2 is 2.15 bits per heavy atom. The largest absolute Gasteiger partial charge is 0.423 e. The molecule has 0 aliphatic carbocycles. The van der Waals surface area contributed by atoms with Crippen molar-refractivity contribution in [2.45, 2.75) is 37.5 Å². The molecule has 2 aliphatic rings. The van der Waals surface area contributed by atoms with Crippen LogP contribution in [0.2, 0.25) is 0 Å². The molecule has 2 atom stereocenters. The third kappa shape index (κ3) is 3.74. The predicted molar refractivity (Wildman–Crippen MR) is 97.9 cm³/mol. The number of oxazole rings is 1. The molecule has 2 saturated heterocycles. The highest BCUT2D eigenvalue weighted by atomic mass is 19.1. The molecule has 7 nitrogen and oxygen atoms in total. The lowest BCUT2D eigenvalue weighted by Gasteiger charge is -2.31. The Morgan fingerprint density at radius 3 is 2.89 bits per heavy atom. The van der Waals surface area contributed by atoms with Crippen LogP contribution < -0.4 is 10.2 Å². The second-order valence-electron chi connectivity index (χ2n) is 7.13. The van der Waals surface area contributed by atoms with Gasteiger partial charge >= 0.3 is 0 Å². The average Bonchev–Trinajstić information content (AvgIpc) is 3.29. The molecule has 1 aromatic carbocycles. The second kappa shape index (κ2) is 7.53. The minimum atomic E-state index is -1.10. The van der Waals surface area contributed by atoms with Gasteiger partial charge in [-0.2, -0.15) is 10.2 Å². The van der Waals surface area contributed by atoms with Gasteiger partial charge < -0.3 is 19.5 Å². The number of benzene rings is 1. The first kappa shape index (κ1) is 17.7. The Labute approximate surface area is 156 Å². The van der Waals surface area contributed by atoms with E-state index in [0.717, 1.165) is 37.0 Å². The fourth-order valence-electron chi connectivity index (χ4n) is 3.79. The van der Waals surface area contributed by atoms with Crippen molar-refractivity contribution < 1.29 is 13.6 Å². The highest BCUT2D eigenvalue weighted by Crippen LogP contribution is 2.24. The molecule has 0 spiro atoms. The number of carbonyl (C=O) groups excluding carboxylic acids is 1. The van der Waals surface area contributed by atoms with Crippen LogP contribution in [0.15, 0.2) is 28.7 Å². The molecule has 2 aliphatic heterocycles. The monoisotopic (exact) mass is 371 g/mol. The number of para-hydroxylation sites is 2. The van der Waals surface area contributed by atoms with Gasteiger partial charge in [0.25, 0.3) is 6.01 Å². The number of carbonyl (C=O) groups is 1. The molecule has 8 heteroatoms. The molecule has 0 saturated carbocycles. The van der Waals surface area contributed by atoms with Crippen LogP contribution in [-0.4, -0.2) is 60.2 Å². The third-order valence-corrected chi connectivity index (χ3v) is 5.31. The van der Waals surface area contributed by atoms with Crippen molar-refractivity contribution in [3.63, 3.8) is 0 Å². The zero-order valence-corrected chi connectivity index (χ0v) is 15.0. The molecule has 3 heterocycles. The minimum absolute atomic E-state index is 0.0227. The topological polar surface area (TPSA) is 85.4 Å². The van der Waals surface area contributed by atoms with Gasteiger partial charge in [-0.25, -0.2) is 4.39 Å². The summed E-state index contributed by atoms with van der Waals surface area (Å²) >= 11 is 0. The molecule has 1 unspecified atom stereocenters. The second-order valence-corrected chi connectivity index (χ2v) is 7.13. The summed E-state index contributed by atoms with van der Waals surface area (Å²) in [5, 5.41) is 12.3. The molecule has 2 aromatic rings. The smallest absolute Gasteiger partial charge is 0.298 e. The lowest BCUT2D eigenvalue weighted by atomic mass is 10.1. The van der Waals surface area contributed by atoms with E-state index in [2.05, 4.69) is 15.2 Å². The number of nitriles is 1. The average molecular weight is 371 g/mol. The number of halogens is 1. The van der Waals surface area contributed by atoms with Gasteiger partial charge in [0.15, 0.2) is 5.58 Å². The lowest BCUT2D eigenvalue weighted by molar-refractivity contribution is -0.130. The number of nitrogens with zero attached hydrogens (tertiary/aromatic N) is 4. The number of alkyl halides is 1. The molecule has 2 fully saturated rings. The van der Waals surface area contributed by atoms with E-state index in [1.54, 1.807) is 0 Å². The Balaban J connectivity index is 1.27. The summed E-state index contributed by atoms with van der Waals surface area (Å²) in [6.07, 6.45) is 0.738. The van der Waals surface area contributed by atoms with Crippen molar-refractivity contribution in [2.75, 3.05) is 31.1 Å². The maximum Gasteiger partial charge on any atom is 0.298 e. The van der Waals surface area contributed by atoms with Gasteiger partial charge in [0, 0.05) is 25.6 Å². The Morgan fingerprint density at radius 1 is 1.37 bits per heavy atom. The SMILES string of the molecule is N#CC1C[C@H](F)CN1C(=O)CNC1CCN(c2nc3ccccc3o2)CC1. The van der Waals surface area contributed by atoms with Crippen molar-refractivity contribution in [2.24, 2.45) is 0 Å². The van der Waals surface area contributed by atoms with Gasteiger partial charge in [-0.3, -0.25) is 4.79 Å². The van der Waals surface area contributed by atoms with Crippen LogP contribution in [-0.2, 0) is 4.79 Å². The van der Waals surface area contributed by atoms with Crippen molar-refractivity contribution >= 4 is 23.0 Å². The third-order valence-electron chi connectivity index (χ3n) is 5.31. The number of fused-ring (bicyclic) bond motifs is 1. The highest BCUT2D eigenvalue weighted by molar-refractivity contribution is 5.79. The maximum absolute atomic E-state index is 13.5. The molecular formula is C19H22FN5O2. The first-order valence-corrected chi connectivity index (χ1v) is 9.31. The number of hydrogen-bond acceptors (Lipinski definition) is 6. The first-order chi connectivity index (χ1) is 13.1. The van der Waals surface area contributed by atoms with Crippen LogP contribution in [0.4, 0.5) is 10.4 Å². The van der Waals surface area contributed by atoms with E-state index in [9.17, 15) is 9.18 Å². The number of amides is 1. The normalized spacial score (nSPS) is 23.7. The summed E-state index contributed by atoms with van der Waals surface area (Å²) in [6, 6.07) is 9.90. The summed E-state index contributed by atoms with van der Waals surface area (Å²) in [7, 11) is 0. The minimum Gasteiger partial charge on any atom is -0.423 e. The van der Waals surface area contributed by atoms with Crippen LogP contribution in [0.25, 0.3) is 11.1 Å². The summed E-state index contributed by atoms with van der Waals surface area (Å²) in [6.45, 7) is 1.74. The zero-order valence-electron chi connectivity index (χ0n) is 15.0. The number of likely N-dealkylation sites (tertiary alicyclic amines) is 1. The Bertz CT molecular complexity index is 822. The summed E-state index contributed by atoms with van der Waals surface area (Å²) < 4.78 is 19.3. The molecule has 0 radical (unpaired) electrons.